The number of halogens is 1. The Balaban J connectivity index is 1.57. The lowest BCUT2D eigenvalue weighted by Gasteiger charge is -2.12. The molecule has 0 fully saturated rings. The van der Waals surface area contributed by atoms with Crippen molar-refractivity contribution in [2.45, 2.75) is 0 Å². The zero-order valence-electron chi connectivity index (χ0n) is 19.9. The lowest BCUT2D eigenvalue weighted by Crippen LogP contribution is -1.95. The van der Waals surface area contributed by atoms with E-state index in [2.05, 4.69) is 158 Å². The molecular weight excluding hydrogens is 563 g/mol. The Hall–Kier alpha value is -4.09. The van der Waals surface area contributed by atoms with Crippen molar-refractivity contribution in [1.29, 1.82) is 0 Å². The van der Waals surface area contributed by atoms with Crippen LogP contribution < -0.4 is 0 Å². The van der Waals surface area contributed by atoms with E-state index in [0.29, 0.717) is 0 Å². The minimum Gasteiger partial charge on any atom is -0.309 e. The van der Waals surface area contributed by atoms with Gasteiger partial charge in [0.25, 0.3) is 0 Å². The Kier molecular flexibility index (Phi) is 4.52. The summed E-state index contributed by atoms with van der Waals surface area (Å²) >= 11 is 2.47. The Morgan fingerprint density at radius 1 is 0.405 bits per heavy atom. The molecule has 2 heterocycles. The van der Waals surface area contributed by atoms with E-state index in [4.69, 9.17) is 0 Å². The smallest absolute Gasteiger partial charge is 0.0676 e. The highest BCUT2D eigenvalue weighted by Crippen LogP contribution is 2.46. The normalized spacial score (nSPS) is 11.9. The number of hydrogen-bond donors (Lipinski definition) is 0. The second-order valence-corrected chi connectivity index (χ2v) is 10.5. The van der Waals surface area contributed by atoms with Crippen LogP contribution in [0.2, 0.25) is 0 Å². The van der Waals surface area contributed by atoms with Gasteiger partial charge in [-0.05, 0) is 35.4 Å². The summed E-state index contributed by atoms with van der Waals surface area (Å²) < 4.78 is 4.80. The van der Waals surface area contributed by atoms with Gasteiger partial charge in [0.05, 0.1) is 44.9 Å². The molecule has 6 aromatic carbocycles. The zero-order chi connectivity index (χ0) is 24.5. The molecule has 0 aliphatic heterocycles. The van der Waals surface area contributed by atoms with E-state index in [1.165, 1.54) is 71.2 Å². The first-order chi connectivity index (χ1) is 18.3. The average molecular weight is 584 g/mol. The van der Waals surface area contributed by atoms with E-state index in [1.54, 1.807) is 0 Å². The monoisotopic (exact) mass is 584 g/mol. The van der Waals surface area contributed by atoms with Gasteiger partial charge in [-0.3, -0.25) is 2.78 Å². The molecule has 8 rings (SSSR count). The highest BCUT2D eigenvalue weighted by molar-refractivity contribution is 14.1. The van der Waals surface area contributed by atoms with Crippen LogP contribution in [0.5, 0.6) is 0 Å². The average Bonchev–Trinajstić information content (AvgIpc) is 3.47. The summed E-state index contributed by atoms with van der Waals surface area (Å²) in [5, 5.41) is 7.78. The quantitative estimate of drug-likeness (QED) is 0.179. The van der Waals surface area contributed by atoms with Crippen LogP contribution in [-0.4, -0.2) is 7.35 Å². The molecule has 174 valence electrons. The van der Waals surface area contributed by atoms with E-state index < -0.39 is 0 Å². The molecule has 37 heavy (non-hydrogen) atoms. The molecule has 0 spiro atoms. The summed E-state index contributed by atoms with van der Waals surface area (Å²) in [5.41, 5.74) is 8.67. The maximum absolute atomic E-state index is 2.47. The largest absolute Gasteiger partial charge is 0.309 e. The van der Waals surface area contributed by atoms with Crippen LogP contribution in [0.4, 0.5) is 0 Å². The summed E-state index contributed by atoms with van der Waals surface area (Å²) in [5.74, 6) is 0. The fourth-order valence-electron chi connectivity index (χ4n) is 6.04. The molecule has 0 aliphatic carbocycles. The van der Waals surface area contributed by atoms with Gasteiger partial charge in [0.1, 0.15) is 0 Å². The van der Waals surface area contributed by atoms with Crippen LogP contribution in [0.15, 0.2) is 127 Å². The van der Waals surface area contributed by atoms with Crippen molar-refractivity contribution in [3.05, 3.63) is 127 Å². The van der Waals surface area contributed by atoms with E-state index in [1.807, 2.05) is 0 Å². The van der Waals surface area contributed by atoms with E-state index in [0.717, 1.165) is 0 Å². The summed E-state index contributed by atoms with van der Waals surface area (Å²) in [6.07, 6.45) is 0. The highest BCUT2D eigenvalue weighted by atomic mass is 127. The molecule has 0 radical (unpaired) electrons. The molecular formula is C34H21IN2. The van der Waals surface area contributed by atoms with Gasteiger partial charge in [-0.15, -0.1) is 0 Å². The molecule has 3 heteroatoms. The summed E-state index contributed by atoms with van der Waals surface area (Å²) in [7, 11) is 0. The summed E-state index contributed by atoms with van der Waals surface area (Å²) in [6, 6.07) is 46.1. The number of para-hydroxylation sites is 2. The van der Waals surface area contributed by atoms with Gasteiger partial charge in [0, 0.05) is 38.0 Å². The molecule has 2 aromatic heterocycles. The number of rotatable bonds is 2. The van der Waals surface area contributed by atoms with Crippen LogP contribution in [0.1, 0.15) is 0 Å². The van der Waals surface area contributed by atoms with Crippen molar-refractivity contribution in [3.8, 4) is 16.8 Å². The number of nitrogens with zero attached hydrogens (tertiary/aromatic N) is 2. The maximum atomic E-state index is 2.47. The first kappa shape index (κ1) is 21.0. The molecule has 0 amide bonds. The lowest BCUT2D eigenvalue weighted by molar-refractivity contribution is 1.19. The van der Waals surface area contributed by atoms with Crippen molar-refractivity contribution in [2.24, 2.45) is 0 Å². The number of hydrogen-bond acceptors (Lipinski definition) is 0. The van der Waals surface area contributed by atoms with Gasteiger partial charge in [-0.25, -0.2) is 0 Å². The fraction of sp³-hybridized carbons (Fsp3) is 0. The lowest BCUT2D eigenvalue weighted by atomic mass is 9.99. The number of aromatic nitrogens is 2. The van der Waals surface area contributed by atoms with Crippen LogP contribution >= 0.6 is 22.9 Å². The third kappa shape index (κ3) is 2.92. The van der Waals surface area contributed by atoms with Crippen LogP contribution in [0.25, 0.3) is 71.2 Å². The van der Waals surface area contributed by atoms with Crippen molar-refractivity contribution in [3.63, 3.8) is 0 Å². The Labute approximate surface area is 227 Å². The Bertz CT molecular complexity index is 2130. The van der Waals surface area contributed by atoms with Crippen molar-refractivity contribution in [1.82, 2.24) is 7.35 Å². The topological polar surface area (TPSA) is 9.86 Å². The minimum absolute atomic E-state index is 1.17. The third-order valence-corrected chi connectivity index (χ3v) is 8.61. The standard InChI is InChI=1S/C34H21IN2/c35-37-30-17-9-7-15-28(30)32-31-27-14-6-8-16-29(27)36(33(31)25-12-4-5-13-26(25)34(32)37)24-20-18-23(19-21-24)22-10-2-1-3-11-22/h1-21H. The van der Waals surface area contributed by atoms with Crippen LogP contribution in [-0.2, 0) is 0 Å². The molecule has 0 saturated heterocycles. The van der Waals surface area contributed by atoms with Crippen molar-refractivity contribution < 1.29 is 0 Å². The van der Waals surface area contributed by atoms with Gasteiger partial charge in [0.15, 0.2) is 0 Å². The molecule has 0 bridgehead atoms. The van der Waals surface area contributed by atoms with Gasteiger partial charge < -0.3 is 4.57 Å². The Morgan fingerprint density at radius 2 is 0.892 bits per heavy atom. The fourth-order valence-corrected chi connectivity index (χ4v) is 6.96. The predicted molar refractivity (Wildman–Crippen MR) is 166 cm³/mol. The van der Waals surface area contributed by atoms with E-state index >= 15 is 0 Å². The maximum Gasteiger partial charge on any atom is 0.0676 e. The first-order valence-electron chi connectivity index (χ1n) is 12.5. The van der Waals surface area contributed by atoms with Crippen LogP contribution in [0, 0.1) is 0 Å². The Morgan fingerprint density at radius 3 is 1.59 bits per heavy atom. The molecule has 0 aliphatic rings. The molecule has 0 N–H and O–H groups in total. The SMILES string of the molecule is In1c2ccccc2c2c3c4ccccc4n(-c4ccc(-c5ccccc5)cc4)c3c3ccccc3c21. The first-order valence-corrected chi connectivity index (χ1v) is 13.5. The van der Waals surface area contributed by atoms with E-state index in [-0.39, 0.29) is 0 Å². The zero-order valence-corrected chi connectivity index (χ0v) is 22.1. The van der Waals surface area contributed by atoms with E-state index in [9.17, 15) is 0 Å². The number of fused-ring (bicyclic) bond motifs is 10. The van der Waals surface area contributed by atoms with Crippen molar-refractivity contribution in [2.75, 3.05) is 0 Å². The molecule has 0 unspecified atom stereocenters. The van der Waals surface area contributed by atoms with Gasteiger partial charge in [-0.1, -0.05) is 103 Å². The molecule has 0 saturated carbocycles. The second-order valence-electron chi connectivity index (χ2n) is 9.56. The predicted octanol–water partition coefficient (Wildman–Crippen LogP) is 9.91. The highest BCUT2D eigenvalue weighted by Gasteiger charge is 2.22. The number of benzene rings is 6. The van der Waals surface area contributed by atoms with Crippen LogP contribution in [0.3, 0.4) is 0 Å². The minimum atomic E-state index is 1.17. The third-order valence-electron chi connectivity index (χ3n) is 7.61. The van der Waals surface area contributed by atoms with Crippen molar-refractivity contribution >= 4 is 77.2 Å². The van der Waals surface area contributed by atoms with Gasteiger partial charge >= 0.3 is 0 Å². The van der Waals surface area contributed by atoms with Gasteiger partial charge in [0.2, 0.25) is 0 Å². The van der Waals surface area contributed by atoms with Gasteiger partial charge in [-0.2, -0.15) is 0 Å². The second kappa shape index (κ2) is 7.95. The molecule has 2 nitrogen and oxygen atoms in total. The molecule has 8 aromatic rings. The summed E-state index contributed by atoms with van der Waals surface area (Å²) in [6.45, 7) is 0. The summed E-state index contributed by atoms with van der Waals surface area (Å²) in [4.78, 5) is 0. The molecule has 0 atom stereocenters.